The van der Waals surface area contributed by atoms with Crippen molar-refractivity contribution >= 4 is 23.1 Å². The number of thiazole rings is 1. The maximum atomic E-state index is 4.44. The lowest BCUT2D eigenvalue weighted by Crippen LogP contribution is -2.24. The van der Waals surface area contributed by atoms with E-state index in [-0.39, 0.29) is 0 Å². The van der Waals surface area contributed by atoms with E-state index in [2.05, 4.69) is 29.5 Å². The van der Waals surface area contributed by atoms with Crippen LogP contribution in [0.5, 0.6) is 0 Å². The summed E-state index contributed by atoms with van der Waals surface area (Å²) in [6, 6.07) is 0.582. The molecular formula is C10H18N2S2. The highest BCUT2D eigenvalue weighted by Gasteiger charge is 2.10. The van der Waals surface area contributed by atoms with Crippen LogP contribution in [0.2, 0.25) is 0 Å². The van der Waals surface area contributed by atoms with Crippen LogP contribution in [-0.4, -0.2) is 23.3 Å². The van der Waals surface area contributed by atoms with Crippen LogP contribution in [0.1, 0.15) is 26.0 Å². The molecule has 0 aliphatic rings. The lowest BCUT2D eigenvalue weighted by atomic mass is 10.2. The van der Waals surface area contributed by atoms with Crippen LogP contribution < -0.4 is 5.32 Å². The molecular weight excluding hydrogens is 212 g/mol. The van der Waals surface area contributed by atoms with Gasteiger partial charge >= 0.3 is 0 Å². The fraction of sp³-hybridized carbons (Fsp3) is 0.700. The summed E-state index contributed by atoms with van der Waals surface area (Å²) in [5.74, 6) is 0. The van der Waals surface area contributed by atoms with Gasteiger partial charge in [-0.1, -0.05) is 18.7 Å². The summed E-state index contributed by atoms with van der Waals surface area (Å²) in [5, 5.41) is 5.99. The van der Waals surface area contributed by atoms with Crippen molar-refractivity contribution in [3.05, 3.63) is 11.1 Å². The van der Waals surface area contributed by atoms with Gasteiger partial charge in [0.15, 0.2) is 0 Å². The van der Waals surface area contributed by atoms with Crippen molar-refractivity contribution in [1.82, 2.24) is 10.3 Å². The third-order valence-corrected chi connectivity index (χ3v) is 4.30. The van der Waals surface area contributed by atoms with Crippen molar-refractivity contribution in [1.29, 1.82) is 0 Å². The average Bonchev–Trinajstić information content (AvgIpc) is 2.50. The van der Waals surface area contributed by atoms with E-state index < -0.39 is 0 Å². The molecule has 2 atom stereocenters. The summed E-state index contributed by atoms with van der Waals surface area (Å²) in [6.07, 6.45) is 1.18. The molecule has 1 aromatic heterocycles. The van der Waals surface area contributed by atoms with Crippen LogP contribution in [0.25, 0.3) is 0 Å². The van der Waals surface area contributed by atoms with Crippen molar-refractivity contribution in [2.45, 2.75) is 42.8 Å². The van der Waals surface area contributed by atoms with Crippen molar-refractivity contribution < 1.29 is 0 Å². The molecule has 0 aromatic carbocycles. The Balaban J connectivity index is 2.37. The summed E-state index contributed by atoms with van der Waals surface area (Å²) in [5.41, 5.74) is 1.13. The molecule has 80 valence electrons. The molecule has 0 bridgehead atoms. The molecule has 14 heavy (non-hydrogen) atoms. The molecule has 2 nitrogen and oxygen atoms in total. The van der Waals surface area contributed by atoms with Crippen LogP contribution in [-0.2, 0) is 0 Å². The maximum Gasteiger partial charge on any atom is 0.150 e. The SMILES string of the molecule is CNC(C)CC(C)Sc1nc(C)cs1. The number of aromatic nitrogens is 1. The highest BCUT2D eigenvalue weighted by atomic mass is 32.2. The second-order valence-corrected chi connectivity index (χ2v) is 6.15. The van der Waals surface area contributed by atoms with Gasteiger partial charge < -0.3 is 5.32 Å². The molecule has 1 rings (SSSR count). The van der Waals surface area contributed by atoms with Gasteiger partial charge in [0.2, 0.25) is 0 Å². The summed E-state index contributed by atoms with van der Waals surface area (Å²) in [6.45, 7) is 6.51. The molecule has 1 aromatic rings. The van der Waals surface area contributed by atoms with E-state index in [1.807, 2.05) is 25.7 Å². The fourth-order valence-electron chi connectivity index (χ4n) is 1.22. The minimum absolute atomic E-state index is 0.582. The lowest BCUT2D eigenvalue weighted by molar-refractivity contribution is 0.564. The molecule has 0 spiro atoms. The van der Waals surface area contributed by atoms with Gasteiger partial charge in [-0.25, -0.2) is 4.98 Å². The lowest BCUT2D eigenvalue weighted by Gasteiger charge is -2.14. The van der Waals surface area contributed by atoms with Gasteiger partial charge in [-0.05, 0) is 27.3 Å². The third kappa shape index (κ3) is 3.98. The van der Waals surface area contributed by atoms with E-state index in [1.54, 1.807) is 11.3 Å². The fourth-order valence-corrected chi connectivity index (χ4v) is 3.53. The Morgan fingerprint density at radius 1 is 1.57 bits per heavy atom. The minimum atomic E-state index is 0.582. The van der Waals surface area contributed by atoms with Crippen LogP contribution in [0, 0.1) is 6.92 Å². The molecule has 0 saturated carbocycles. The van der Waals surface area contributed by atoms with Gasteiger partial charge in [0.1, 0.15) is 4.34 Å². The molecule has 0 radical (unpaired) electrons. The molecule has 0 amide bonds. The molecule has 0 aliphatic heterocycles. The number of rotatable bonds is 5. The largest absolute Gasteiger partial charge is 0.317 e. The highest BCUT2D eigenvalue weighted by Crippen LogP contribution is 2.28. The van der Waals surface area contributed by atoms with E-state index in [0.717, 1.165) is 5.69 Å². The van der Waals surface area contributed by atoms with E-state index in [0.29, 0.717) is 11.3 Å². The van der Waals surface area contributed by atoms with Crippen molar-refractivity contribution in [3.63, 3.8) is 0 Å². The van der Waals surface area contributed by atoms with Gasteiger partial charge in [-0.2, -0.15) is 0 Å². The van der Waals surface area contributed by atoms with Gasteiger partial charge in [-0.15, -0.1) is 11.3 Å². The molecule has 1 heterocycles. The number of nitrogens with zero attached hydrogens (tertiary/aromatic N) is 1. The Morgan fingerprint density at radius 2 is 2.29 bits per heavy atom. The van der Waals surface area contributed by atoms with Crippen molar-refractivity contribution in [2.24, 2.45) is 0 Å². The Kier molecular flexibility index (Phi) is 4.92. The third-order valence-electron chi connectivity index (χ3n) is 2.08. The van der Waals surface area contributed by atoms with Crippen LogP contribution in [0.4, 0.5) is 0 Å². The highest BCUT2D eigenvalue weighted by molar-refractivity contribution is 8.01. The number of thioether (sulfide) groups is 1. The van der Waals surface area contributed by atoms with Gasteiger partial charge in [0, 0.05) is 22.4 Å². The Bertz CT molecular complexity index is 273. The number of aryl methyl sites for hydroxylation is 1. The Hall–Kier alpha value is -0.0600. The zero-order valence-corrected chi connectivity index (χ0v) is 10.8. The summed E-state index contributed by atoms with van der Waals surface area (Å²) >= 11 is 3.62. The van der Waals surface area contributed by atoms with Crippen molar-refractivity contribution in [3.8, 4) is 0 Å². The number of hydrogen-bond acceptors (Lipinski definition) is 4. The zero-order valence-electron chi connectivity index (χ0n) is 9.20. The Morgan fingerprint density at radius 3 is 2.79 bits per heavy atom. The predicted molar refractivity (Wildman–Crippen MR) is 65.3 cm³/mol. The summed E-state index contributed by atoms with van der Waals surface area (Å²) in [4.78, 5) is 4.44. The molecule has 0 aliphatic carbocycles. The number of hydrogen-bond donors (Lipinski definition) is 1. The van der Waals surface area contributed by atoms with Gasteiger partial charge in [0.05, 0.1) is 0 Å². The van der Waals surface area contributed by atoms with E-state index in [4.69, 9.17) is 0 Å². The van der Waals surface area contributed by atoms with E-state index >= 15 is 0 Å². The molecule has 2 unspecified atom stereocenters. The van der Waals surface area contributed by atoms with Crippen LogP contribution in [0.15, 0.2) is 9.72 Å². The first kappa shape index (κ1) is 12.0. The topological polar surface area (TPSA) is 24.9 Å². The molecule has 0 saturated heterocycles. The first-order chi connectivity index (χ1) is 6.61. The Labute approximate surface area is 94.5 Å². The van der Waals surface area contributed by atoms with Gasteiger partial charge in [-0.3, -0.25) is 0 Å². The molecule has 0 fully saturated rings. The van der Waals surface area contributed by atoms with E-state index in [1.165, 1.54) is 10.8 Å². The second kappa shape index (κ2) is 5.73. The van der Waals surface area contributed by atoms with Crippen LogP contribution >= 0.6 is 23.1 Å². The maximum absolute atomic E-state index is 4.44. The standard InChI is InChI=1S/C10H18N2S2/c1-7(11-4)5-9(3)14-10-12-8(2)6-13-10/h6-7,9,11H,5H2,1-4H3. The summed E-state index contributed by atoms with van der Waals surface area (Å²) < 4.78 is 1.19. The summed E-state index contributed by atoms with van der Waals surface area (Å²) in [7, 11) is 2.01. The van der Waals surface area contributed by atoms with Crippen molar-refractivity contribution in [2.75, 3.05) is 7.05 Å². The van der Waals surface area contributed by atoms with Gasteiger partial charge in [0.25, 0.3) is 0 Å². The smallest absolute Gasteiger partial charge is 0.150 e. The molecule has 4 heteroatoms. The zero-order chi connectivity index (χ0) is 10.6. The number of nitrogens with one attached hydrogen (secondary N) is 1. The second-order valence-electron chi connectivity index (χ2n) is 3.61. The first-order valence-electron chi connectivity index (χ1n) is 4.88. The molecule has 1 N–H and O–H groups in total. The minimum Gasteiger partial charge on any atom is -0.317 e. The first-order valence-corrected chi connectivity index (χ1v) is 6.63. The van der Waals surface area contributed by atoms with Crippen LogP contribution in [0.3, 0.4) is 0 Å². The quantitative estimate of drug-likeness (QED) is 0.787. The monoisotopic (exact) mass is 230 g/mol. The van der Waals surface area contributed by atoms with E-state index in [9.17, 15) is 0 Å². The predicted octanol–water partition coefficient (Wildman–Crippen LogP) is 2.93. The normalized spacial score (nSPS) is 15.4. The average molecular weight is 230 g/mol.